The summed E-state index contributed by atoms with van der Waals surface area (Å²) in [5.41, 5.74) is 6.49. The molecule has 1 amide bonds. The zero-order valence-electron chi connectivity index (χ0n) is 11.6. The Morgan fingerprint density at radius 3 is 3.24 bits per heavy atom. The maximum Gasteiger partial charge on any atom is 0.263 e. The molecule has 7 heteroatoms. The number of rotatable bonds is 4. The number of carbonyl (C=O) groups is 1. The van der Waals surface area contributed by atoms with Gasteiger partial charge in [0.1, 0.15) is 10.7 Å². The van der Waals surface area contributed by atoms with E-state index < -0.39 is 0 Å². The molecule has 2 aromatic rings. The van der Waals surface area contributed by atoms with Gasteiger partial charge in [0.15, 0.2) is 0 Å². The molecule has 3 rings (SSSR count). The van der Waals surface area contributed by atoms with Gasteiger partial charge in [0.25, 0.3) is 5.91 Å². The number of nitrogens with two attached hydrogens (primary N) is 1. The largest absolute Gasteiger partial charge is 0.397 e. The van der Waals surface area contributed by atoms with Crippen molar-refractivity contribution >= 4 is 27.9 Å². The van der Waals surface area contributed by atoms with Crippen LogP contribution in [0.4, 0.5) is 10.7 Å². The number of amides is 1. The first-order valence-corrected chi connectivity index (χ1v) is 7.54. The minimum absolute atomic E-state index is 0.151. The lowest BCUT2D eigenvalue weighted by Gasteiger charge is -2.28. The fraction of sp³-hybridized carbons (Fsp3) is 0.286. The highest BCUT2D eigenvalue weighted by atomic mass is 32.1. The molecule has 0 saturated heterocycles. The molecule has 0 bridgehead atoms. The Labute approximate surface area is 126 Å². The summed E-state index contributed by atoms with van der Waals surface area (Å²) in [6.07, 6.45) is 5.45. The molecule has 0 spiro atoms. The minimum Gasteiger partial charge on any atom is -0.397 e. The van der Waals surface area contributed by atoms with Gasteiger partial charge in [-0.05, 0) is 6.07 Å². The van der Waals surface area contributed by atoms with Gasteiger partial charge in [-0.2, -0.15) is 0 Å². The van der Waals surface area contributed by atoms with Gasteiger partial charge in [-0.15, -0.1) is 17.9 Å². The molecule has 1 aliphatic heterocycles. The van der Waals surface area contributed by atoms with Gasteiger partial charge < -0.3 is 20.5 Å². The van der Waals surface area contributed by atoms with E-state index in [0.29, 0.717) is 17.1 Å². The molecule has 21 heavy (non-hydrogen) atoms. The van der Waals surface area contributed by atoms with Crippen LogP contribution < -0.4 is 16.0 Å². The van der Waals surface area contributed by atoms with Crippen molar-refractivity contribution in [1.82, 2.24) is 14.9 Å². The Balaban J connectivity index is 1.78. The van der Waals surface area contributed by atoms with E-state index in [9.17, 15) is 4.79 Å². The summed E-state index contributed by atoms with van der Waals surface area (Å²) >= 11 is 1.42. The highest BCUT2D eigenvalue weighted by Gasteiger charge is 2.21. The average molecular weight is 303 g/mol. The number of hydrogen-bond acceptors (Lipinski definition) is 5. The van der Waals surface area contributed by atoms with Crippen LogP contribution in [0.25, 0.3) is 0 Å². The number of nitrogens with zero attached hydrogens (tertiary/aromatic N) is 3. The zero-order chi connectivity index (χ0) is 14.8. The third-order valence-electron chi connectivity index (χ3n) is 3.42. The summed E-state index contributed by atoms with van der Waals surface area (Å²) in [7, 11) is 0. The second-order valence-corrected chi connectivity index (χ2v) is 5.86. The quantitative estimate of drug-likeness (QED) is 0.839. The monoisotopic (exact) mass is 303 g/mol. The van der Waals surface area contributed by atoms with Crippen molar-refractivity contribution < 1.29 is 4.79 Å². The fourth-order valence-corrected chi connectivity index (χ4v) is 3.35. The summed E-state index contributed by atoms with van der Waals surface area (Å²) in [6.45, 7) is 6.54. The molecule has 0 aromatic carbocycles. The molecule has 0 atom stereocenters. The summed E-state index contributed by atoms with van der Waals surface area (Å²) in [5, 5.41) is 3.76. The van der Waals surface area contributed by atoms with Crippen LogP contribution in [0.3, 0.4) is 0 Å². The van der Waals surface area contributed by atoms with Gasteiger partial charge in [0.2, 0.25) is 0 Å². The molecule has 110 valence electrons. The van der Waals surface area contributed by atoms with Gasteiger partial charge in [0.05, 0.1) is 17.2 Å². The predicted molar refractivity (Wildman–Crippen MR) is 84.5 cm³/mol. The van der Waals surface area contributed by atoms with Crippen molar-refractivity contribution in [1.29, 1.82) is 0 Å². The van der Waals surface area contributed by atoms with E-state index in [1.807, 2.05) is 18.5 Å². The Hall–Kier alpha value is -2.28. The molecule has 0 aliphatic carbocycles. The summed E-state index contributed by atoms with van der Waals surface area (Å²) in [4.78, 5) is 19.1. The van der Waals surface area contributed by atoms with Crippen molar-refractivity contribution in [2.45, 2.75) is 13.1 Å². The van der Waals surface area contributed by atoms with E-state index >= 15 is 0 Å². The van der Waals surface area contributed by atoms with Crippen molar-refractivity contribution in [3.05, 3.63) is 41.8 Å². The van der Waals surface area contributed by atoms with Gasteiger partial charge in [0, 0.05) is 32.0 Å². The molecule has 3 N–H and O–H groups in total. The standard InChI is InChI=1S/C14H17N5OS/c1-2-3-17-14(20)13-10(15)8-12(21-13)19-7-6-18-5-4-16-11(18)9-19/h2,4-5,8H,1,3,6-7,9,15H2,(H,17,20). The molecule has 0 unspecified atom stereocenters. The fourth-order valence-electron chi connectivity index (χ4n) is 2.33. The molecule has 0 saturated carbocycles. The molecule has 1 aliphatic rings. The highest BCUT2D eigenvalue weighted by molar-refractivity contribution is 7.18. The number of imidazole rings is 1. The number of anilines is 2. The average Bonchev–Trinajstić information content (AvgIpc) is 3.10. The van der Waals surface area contributed by atoms with Crippen molar-refractivity contribution in [2.75, 3.05) is 23.7 Å². The third kappa shape index (κ3) is 2.64. The lowest BCUT2D eigenvalue weighted by atomic mass is 10.3. The number of thiophene rings is 1. The highest BCUT2D eigenvalue weighted by Crippen LogP contribution is 2.33. The summed E-state index contributed by atoms with van der Waals surface area (Å²) < 4.78 is 2.14. The van der Waals surface area contributed by atoms with E-state index in [4.69, 9.17) is 5.73 Å². The maximum absolute atomic E-state index is 12.0. The van der Waals surface area contributed by atoms with E-state index in [2.05, 4.69) is 26.3 Å². The van der Waals surface area contributed by atoms with Crippen LogP contribution in [0.5, 0.6) is 0 Å². The first kappa shape index (κ1) is 13.7. The van der Waals surface area contributed by atoms with Crippen molar-refractivity contribution in [2.24, 2.45) is 0 Å². The SMILES string of the molecule is C=CCNC(=O)c1sc(N2CCn3ccnc3C2)cc1N. The normalized spacial score (nSPS) is 13.8. The maximum atomic E-state index is 12.0. The number of fused-ring (bicyclic) bond motifs is 1. The summed E-state index contributed by atoms with van der Waals surface area (Å²) in [5.74, 6) is 0.882. The lowest BCUT2D eigenvalue weighted by molar-refractivity contribution is 0.0963. The molecule has 2 aromatic heterocycles. The lowest BCUT2D eigenvalue weighted by Crippen LogP contribution is -2.33. The Morgan fingerprint density at radius 2 is 2.43 bits per heavy atom. The second-order valence-electron chi connectivity index (χ2n) is 4.83. The van der Waals surface area contributed by atoms with Crippen LogP contribution in [0, 0.1) is 0 Å². The van der Waals surface area contributed by atoms with Crippen LogP contribution in [0.15, 0.2) is 31.1 Å². The molecular weight excluding hydrogens is 286 g/mol. The Morgan fingerprint density at radius 1 is 1.57 bits per heavy atom. The molecule has 3 heterocycles. The molecule has 6 nitrogen and oxygen atoms in total. The van der Waals surface area contributed by atoms with E-state index in [1.54, 1.807) is 6.08 Å². The number of nitrogen functional groups attached to an aromatic ring is 1. The minimum atomic E-state index is -0.151. The van der Waals surface area contributed by atoms with E-state index in [1.165, 1.54) is 11.3 Å². The van der Waals surface area contributed by atoms with E-state index in [-0.39, 0.29) is 5.91 Å². The van der Waals surface area contributed by atoms with Crippen LogP contribution in [-0.2, 0) is 13.1 Å². The van der Waals surface area contributed by atoms with Gasteiger partial charge in [-0.25, -0.2) is 4.98 Å². The third-order valence-corrected chi connectivity index (χ3v) is 4.63. The predicted octanol–water partition coefficient (Wildman–Crippen LogP) is 1.46. The van der Waals surface area contributed by atoms with Crippen LogP contribution in [0.1, 0.15) is 15.5 Å². The van der Waals surface area contributed by atoms with Crippen LogP contribution in [-0.4, -0.2) is 28.5 Å². The first-order valence-electron chi connectivity index (χ1n) is 6.72. The zero-order valence-corrected chi connectivity index (χ0v) is 12.4. The Bertz CT molecular complexity index is 675. The smallest absolute Gasteiger partial charge is 0.263 e. The summed E-state index contributed by atoms with van der Waals surface area (Å²) in [6, 6.07) is 1.87. The molecule has 0 fully saturated rings. The van der Waals surface area contributed by atoms with Crippen molar-refractivity contribution in [3.63, 3.8) is 0 Å². The number of hydrogen-bond donors (Lipinski definition) is 2. The topological polar surface area (TPSA) is 76.2 Å². The van der Waals surface area contributed by atoms with Gasteiger partial charge >= 0.3 is 0 Å². The first-order chi connectivity index (χ1) is 10.2. The second kappa shape index (κ2) is 5.61. The molecule has 0 radical (unpaired) electrons. The number of carbonyl (C=O) groups excluding carboxylic acids is 1. The van der Waals surface area contributed by atoms with E-state index in [0.717, 1.165) is 30.5 Å². The van der Waals surface area contributed by atoms with Crippen LogP contribution in [0.2, 0.25) is 0 Å². The van der Waals surface area contributed by atoms with Gasteiger partial charge in [-0.3, -0.25) is 4.79 Å². The Kier molecular flexibility index (Phi) is 3.66. The van der Waals surface area contributed by atoms with Gasteiger partial charge in [-0.1, -0.05) is 6.08 Å². The molecular formula is C14H17N5OS. The van der Waals surface area contributed by atoms with Crippen molar-refractivity contribution in [3.8, 4) is 0 Å². The number of aromatic nitrogens is 2. The number of nitrogens with one attached hydrogen (secondary N) is 1. The van der Waals surface area contributed by atoms with Crippen LogP contribution >= 0.6 is 11.3 Å².